The molecule has 0 bridgehead atoms. The molecule has 130 valence electrons. The van der Waals surface area contributed by atoms with Gasteiger partial charge in [-0.25, -0.2) is 0 Å². The Labute approximate surface area is 151 Å². The third kappa shape index (κ3) is 4.14. The zero-order chi connectivity index (χ0) is 17.8. The molecule has 0 fully saturated rings. The van der Waals surface area contributed by atoms with E-state index in [-0.39, 0.29) is 17.9 Å². The number of nitrogens with one attached hydrogen (secondary N) is 2. The molecule has 25 heavy (non-hydrogen) atoms. The number of hydrogen-bond donors (Lipinski definition) is 2. The lowest BCUT2D eigenvalue weighted by Gasteiger charge is -2.18. The topological polar surface area (TPSA) is 67.4 Å². The lowest BCUT2D eigenvalue weighted by atomic mass is 10.1. The van der Waals surface area contributed by atoms with Crippen molar-refractivity contribution in [1.29, 1.82) is 0 Å². The summed E-state index contributed by atoms with van der Waals surface area (Å²) < 4.78 is 5.43. The summed E-state index contributed by atoms with van der Waals surface area (Å²) >= 11 is 1.48. The first kappa shape index (κ1) is 17.4. The van der Waals surface area contributed by atoms with E-state index >= 15 is 0 Å². The Morgan fingerprint density at radius 3 is 2.76 bits per heavy atom. The number of anilines is 1. The predicted octanol–water partition coefficient (Wildman–Crippen LogP) is 3.62. The first-order valence-electron chi connectivity index (χ1n) is 8.17. The number of thioether (sulfide) groups is 1. The molecule has 1 aliphatic rings. The molecule has 0 saturated carbocycles. The second kappa shape index (κ2) is 7.61. The number of fused-ring (bicyclic) bond motifs is 1. The molecule has 0 spiro atoms. The maximum absolute atomic E-state index is 12.5. The van der Waals surface area contributed by atoms with E-state index in [0.717, 1.165) is 16.2 Å². The van der Waals surface area contributed by atoms with Crippen LogP contribution in [0.5, 0.6) is 5.75 Å². The Hall–Kier alpha value is -2.47. The van der Waals surface area contributed by atoms with E-state index < -0.39 is 0 Å². The van der Waals surface area contributed by atoms with Gasteiger partial charge < -0.3 is 15.4 Å². The van der Waals surface area contributed by atoms with E-state index in [0.29, 0.717) is 23.6 Å². The van der Waals surface area contributed by atoms with Gasteiger partial charge in [0.25, 0.3) is 5.91 Å². The highest BCUT2D eigenvalue weighted by molar-refractivity contribution is 8.00. The van der Waals surface area contributed by atoms with E-state index in [1.165, 1.54) is 11.8 Å². The van der Waals surface area contributed by atoms with Crippen molar-refractivity contribution in [3.05, 3.63) is 53.6 Å². The number of benzene rings is 2. The summed E-state index contributed by atoms with van der Waals surface area (Å²) in [5, 5.41) is 5.79. The van der Waals surface area contributed by atoms with Crippen LogP contribution in [-0.4, -0.2) is 24.2 Å². The van der Waals surface area contributed by atoms with Crippen LogP contribution in [0.15, 0.2) is 47.4 Å². The molecule has 1 unspecified atom stereocenters. The van der Waals surface area contributed by atoms with Crippen LogP contribution in [0.1, 0.15) is 35.8 Å². The van der Waals surface area contributed by atoms with E-state index in [4.69, 9.17) is 4.74 Å². The minimum Gasteiger partial charge on any atom is -0.494 e. The van der Waals surface area contributed by atoms with Gasteiger partial charge in [-0.05, 0) is 49.7 Å². The maximum Gasteiger partial charge on any atom is 0.251 e. The smallest absolute Gasteiger partial charge is 0.251 e. The molecule has 1 aliphatic heterocycles. The molecular formula is C19H20N2O3S. The van der Waals surface area contributed by atoms with Crippen LogP contribution < -0.4 is 15.4 Å². The molecule has 0 aromatic heterocycles. The monoisotopic (exact) mass is 356 g/mol. The van der Waals surface area contributed by atoms with Gasteiger partial charge in [-0.1, -0.05) is 12.1 Å². The largest absolute Gasteiger partial charge is 0.494 e. The van der Waals surface area contributed by atoms with Gasteiger partial charge in [0.15, 0.2) is 0 Å². The lowest BCUT2D eigenvalue weighted by Crippen LogP contribution is -2.27. The standard InChI is InChI=1S/C19H20N2O3S/c1-3-24-15-7-4-13(5-8-15)12(2)20-19(23)14-6-9-17-16(10-14)21-18(22)11-25-17/h4-10,12H,3,11H2,1-2H3,(H,20,23)(H,21,22). The molecule has 5 nitrogen and oxygen atoms in total. The Bertz CT molecular complexity index is 790. The van der Waals surface area contributed by atoms with Gasteiger partial charge >= 0.3 is 0 Å². The summed E-state index contributed by atoms with van der Waals surface area (Å²) in [5.41, 5.74) is 2.22. The minimum absolute atomic E-state index is 0.0437. The van der Waals surface area contributed by atoms with Crippen LogP contribution in [-0.2, 0) is 4.79 Å². The molecule has 2 N–H and O–H groups in total. The van der Waals surface area contributed by atoms with Crippen LogP contribution in [0, 0.1) is 0 Å². The van der Waals surface area contributed by atoms with Gasteiger partial charge in [0, 0.05) is 10.5 Å². The number of ether oxygens (including phenoxy) is 1. The van der Waals surface area contributed by atoms with Crippen molar-refractivity contribution in [3.8, 4) is 5.75 Å². The highest BCUT2D eigenvalue weighted by Gasteiger charge is 2.18. The van der Waals surface area contributed by atoms with Crippen LogP contribution in [0.4, 0.5) is 5.69 Å². The van der Waals surface area contributed by atoms with Gasteiger partial charge in [-0.15, -0.1) is 11.8 Å². The Kier molecular flexibility index (Phi) is 5.28. The van der Waals surface area contributed by atoms with Crippen molar-refractivity contribution in [2.75, 3.05) is 17.7 Å². The Morgan fingerprint density at radius 2 is 2.04 bits per heavy atom. The highest BCUT2D eigenvalue weighted by Crippen LogP contribution is 2.32. The van der Waals surface area contributed by atoms with Gasteiger partial charge in [-0.2, -0.15) is 0 Å². The van der Waals surface area contributed by atoms with Gasteiger partial charge in [0.05, 0.1) is 24.1 Å². The van der Waals surface area contributed by atoms with E-state index in [9.17, 15) is 9.59 Å². The zero-order valence-electron chi connectivity index (χ0n) is 14.2. The van der Waals surface area contributed by atoms with Crippen molar-refractivity contribution < 1.29 is 14.3 Å². The first-order chi connectivity index (χ1) is 12.1. The fraction of sp³-hybridized carbons (Fsp3) is 0.263. The van der Waals surface area contributed by atoms with Gasteiger partial charge in [0.2, 0.25) is 5.91 Å². The predicted molar refractivity (Wildman–Crippen MR) is 99.3 cm³/mol. The number of carbonyl (C=O) groups excluding carboxylic acids is 2. The van der Waals surface area contributed by atoms with Crippen molar-refractivity contribution in [3.63, 3.8) is 0 Å². The lowest BCUT2D eigenvalue weighted by molar-refractivity contribution is -0.113. The summed E-state index contributed by atoms with van der Waals surface area (Å²) in [6, 6.07) is 12.9. The van der Waals surface area contributed by atoms with Crippen LogP contribution in [0.3, 0.4) is 0 Å². The number of hydrogen-bond acceptors (Lipinski definition) is 4. The van der Waals surface area contributed by atoms with E-state index in [1.54, 1.807) is 12.1 Å². The summed E-state index contributed by atoms with van der Waals surface area (Å²) in [4.78, 5) is 25.0. The van der Waals surface area contributed by atoms with Gasteiger partial charge in [-0.3, -0.25) is 9.59 Å². The average molecular weight is 356 g/mol. The zero-order valence-corrected chi connectivity index (χ0v) is 15.0. The fourth-order valence-electron chi connectivity index (χ4n) is 2.61. The molecule has 2 aromatic rings. The Balaban J connectivity index is 1.69. The molecule has 6 heteroatoms. The minimum atomic E-state index is -0.172. The molecule has 0 aliphatic carbocycles. The quantitative estimate of drug-likeness (QED) is 0.859. The van der Waals surface area contributed by atoms with Crippen molar-refractivity contribution in [2.45, 2.75) is 24.8 Å². The van der Waals surface area contributed by atoms with Crippen LogP contribution in [0.25, 0.3) is 0 Å². The summed E-state index contributed by atoms with van der Waals surface area (Å²) in [6.45, 7) is 4.50. The number of carbonyl (C=O) groups is 2. The SMILES string of the molecule is CCOc1ccc(C(C)NC(=O)c2ccc3c(c2)NC(=O)CS3)cc1. The van der Waals surface area contributed by atoms with Crippen LogP contribution >= 0.6 is 11.8 Å². The van der Waals surface area contributed by atoms with Crippen molar-refractivity contribution in [1.82, 2.24) is 5.32 Å². The average Bonchev–Trinajstić information content (AvgIpc) is 2.61. The summed E-state index contributed by atoms with van der Waals surface area (Å²) in [6.07, 6.45) is 0. The molecule has 2 amide bonds. The fourth-order valence-corrected chi connectivity index (χ4v) is 3.40. The van der Waals surface area contributed by atoms with E-state index in [1.807, 2.05) is 44.2 Å². The molecule has 1 atom stereocenters. The highest BCUT2D eigenvalue weighted by atomic mass is 32.2. The normalized spacial score (nSPS) is 14.2. The van der Waals surface area contributed by atoms with Crippen molar-refractivity contribution in [2.24, 2.45) is 0 Å². The van der Waals surface area contributed by atoms with Gasteiger partial charge in [0.1, 0.15) is 5.75 Å². The molecule has 0 saturated heterocycles. The first-order valence-corrected chi connectivity index (χ1v) is 9.15. The maximum atomic E-state index is 12.5. The molecule has 3 rings (SSSR count). The van der Waals surface area contributed by atoms with Crippen molar-refractivity contribution >= 4 is 29.3 Å². The summed E-state index contributed by atoms with van der Waals surface area (Å²) in [5.74, 6) is 1.01. The number of rotatable bonds is 5. The summed E-state index contributed by atoms with van der Waals surface area (Å²) in [7, 11) is 0. The number of amides is 2. The second-order valence-electron chi connectivity index (χ2n) is 5.74. The molecular weight excluding hydrogens is 336 g/mol. The molecule has 0 radical (unpaired) electrons. The molecule has 2 aromatic carbocycles. The second-order valence-corrected chi connectivity index (χ2v) is 6.76. The third-order valence-electron chi connectivity index (χ3n) is 3.91. The molecule has 1 heterocycles. The third-order valence-corrected chi connectivity index (χ3v) is 4.99. The van der Waals surface area contributed by atoms with E-state index in [2.05, 4.69) is 10.6 Å². The Morgan fingerprint density at radius 1 is 1.28 bits per heavy atom. The van der Waals surface area contributed by atoms with Crippen LogP contribution in [0.2, 0.25) is 0 Å².